The third-order valence-electron chi connectivity index (χ3n) is 3.49. The lowest BCUT2D eigenvalue weighted by Crippen LogP contribution is -2.31. The van der Waals surface area contributed by atoms with Crippen LogP contribution >= 0.6 is 0 Å². The number of carbonyl (C=O) groups is 1. The summed E-state index contributed by atoms with van der Waals surface area (Å²) in [5.74, 6) is -2.33. The molecule has 0 bridgehead atoms. The molecule has 0 aliphatic heterocycles. The van der Waals surface area contributed by atoms with E-state index in [1.54, 1.807) is 13.0 Å². The number of benzene rings is 1. The van der Waals surface area contributed by atoms with Crippen molar-refractivity contribution in [3.8, 4) is 0 Å². The van der Waals surface area contributed by atoms with Crippen molar-refractivity contribution in [1.82, 2.24) is 0 Å². The Morgan fingerprint density at radius 3 is 2.78 bits per heavy atom. The molecule has 1 aromatic rings. The quantitative estimate of drug-likeness (QED) is 0.833. The molecular formula is C15H17F2NO4S. The second-order valence-electron chi connectivity index (χ2n) is 5.12. The monoisotopic (exact) mass is 345 g/mol. The zero-order valence-corrected chi connectivity index (χ0v) is 13.3. The molecule has 0 fully saturated rings. The van der Waals surface area contributed by atoms with Gasteiger partial charge in [-0.25, -0.2) is 22.0 Å². The van der Waals surface area contributed by atoms with Crippen LogP contribution in [0.5, 0.6) is 0 Å². The predicted molar refractivity (Wildman–Crippen MR) is 81.3 cm³/mol. The number of hydrogen-bond donors (Lipinski definition) is 1. The Bertz CT molecular complexity index is 731. The molecule has 1 atom stereocenters. The Labute approximate surface area is 133 Å². The Morgan fingerprint density at radius 2 is 2.13 bits per heavy atom. The van der Waals surface area contributed by atoms with Crippen LogP contribution in [0, 0.1) is 11.6 Å². The number of allylic oxidation sites excluding steroid dienone is 1. The average Bonchev–Trinajstić information content (AvgIpc) is 2.50. The highest BCUT2D eigenvalue weighted by Gasteiger charge is 2.31. The molecule has 1 aliphatic rings. The number of esters is 1. The van der Waals surface area contributed by atoms with Gasteiger partial charge in [0.15, 0.2) is 0 Å². The smallest absolute Gasteiger partial charge is 0.333 e. The normalized spacial score (nSPS) is 18.2. The highest BCUT2D eigenvalue weighted by atomic mass is 32.2. The minimum atomic E-state index is -3.91. The topological polar surface area (TPSA) is 72.5 Å². The molecule has 0 saturated carbocycles. The van der Waals surface area contributed by atoms with Crippen molar-refractivity contribution in [3.05, 3.63) is 41.5 Å². The molecule has 0 heterocycles. The lowest BCUT2D eigenvalue weighted by atomic mass is 9.99. The van der Waals surface area contributed by atoms with Gasteiger partial charge in [0, 0.05) is 11.6 Å². The van der Waals surface area contributed by atoms with Gasteiger partial charge in [0.1, 0.15) is 11.6 Å². The molecule has 1 N–H and O–H groups in total. The van der Waals surface area contributed by atoms with Crippen LogP contribution in [-0.4, -0.2) is 26.2 Å². The highest BCUT2D eigenvalue weighted by Crippen LogP contribution is 2.27. The molecule has 0 radical (unpaired) electrons. The molecule has 1 aromatic carbocycles. The number of nitrogens with one attached hydrogen (secondary N) is 1. The van der Waals surface area contributed by atoms with Gasteiger partial charge in [0.05, 0.1) is 17.5 Å². The van der Waals surface area contributed by atoms with Gasteiger partial charge in [-0.3, -0.25) is 4.72 Å². The van der Waals surface area contributed by atoms with Crippen molar-refractivity contribution < 1.29 is 26.7 Å². The van der Waals surface area contributed by atoms with Gasteiger partial charge in [-0.2, -0.15) is 0 Å². The Kier molecular flexibility index (Phi) is 5.35. The number of hydrogen-bond acceptors (Lipinski definition) is 4. The summed E-state index contributed by atoms with van der Waals surface area (Å²) in [4.78, 5) is 11.7. The van der Waals surface area contributed by atoms with Crippen LogP contribution in [0.2, 0.25) is 0 Å². The van der Waals surface area contributed by atoms with Crippen molar-refractivity contribution in [2.45, 2.75) is 31.4 Å². The molecule has 1 aliphatic carbocycles. The first-order valence-corrected chi connectivity index (χ1v) is 8.71. The summed E-state index contributed by atoms with van der Waals surface area (Å²) in [6, 6.07) is 2.58. The first kappa shape index (κ1) is 17.4. The van der Waals surface area contributed by atoms with E-state index in [0.717, 1.165) is 12.1 Å². The van der Waals surface area contributed by atoms with E-state index in [-0.39, 0.29) is 18.7 Å². The molecule has 0 spiro atoms. The van der Waals surface area contributed by atoms with E-state index in [9.17, 15) is 22.0 Å². The van der Waals surface area contributed by atoms with Gasteiger partial charge in [0.25, 0.3) is 0 Å². The van der Waals surface area contributed by atoms with E-state index >= 15 is 0 Å². The summed E-state index contributed by atoms with van der Waals surface area (Å²) >= 11 is 0. The van der Waals surface area contributed by atoms with Gasteiger partial charge in [0.2, 0.25) is 10.0 Å². The van der Waals surface area contributed by atoms with Crippen LogP contribution in [-0.2, 0) is 19.6 Å². The second kappa shape index (κ2) is 7.08. The first-order chi connectivity index (χ1) is 10.8. The number of rotatable bonds is 5. The van der Waals surface area contributed by atoms with Gasteiger partial charge in [-0.15, -0.1) is 0 Å². The van der Waals surface area contributed by atoms with Gasteiger partial charge < -0.3 is 4.74 Å². The zero-order valence-electron chi connectivity index (χ0n) is 12.5. The van der Waals surface area contributed by atoms with Crippen LogP contribution in [0.15, 0.2) is 29.8 Å². The molecule has 2 rings (SSSR count). The molecule has 0 amide bonds. The van der Waals surface area contributed by atoms with E-state index in [2.05, 4.69) is 4.72 Å². The SMILES string of the molecule is CCOC(=O)C1=CCCC(S(=O)(=O)Nc2ccc(F)cc2F)C1. The summed E-state index contributed by atoms with van der Waals surface area (Å²) in [5, 5.41) is -0.878. The number of carbonyl (C=O) groups excluding carboxylic acids is 1. The third-order valence-corrected chi connectivity index (χ3v) is 5.27. The van der Waals surface area contributed by atoms with Crippen molar-refractivity contribution >= 4 is 21.7 Å². The maximum Gasteiger partial charge on any atom is 0.333 e. The number of ether oxygens (including phenoxy) is 1. The fourth-order valence-electron chi connectivity index (χ4n) is 2.34. The molecule has 1 unspecified atom stereocenters. The summed E-state index contributed by atoms with van der Waals surface area (Å²) in [6.45, 7) is 1.86. The van der Waals surface area contributed by atoms with Crippen molar-refractivity contribution in [2.24, 2.45) is 0 Å². The number of anilines is 1. The summed E-state index contributed by atoms with van der Waals surface area (Å²) < 4.78 is 58.2. The molecule has 0 saturated heterocycles. The number of halogens is 2. The average molecular weight is 345 g/mol. The molecule has 5 nitrogen and oxygen atoms in total. The van der Waals surface area contributed by atoms with E-state index < -0.39 is 32.9 Å². The maximum atomic E-state index is 13.6. The molecular weight excluding hydrogens is 328 g/mol. The van der Waals surface area contributed by atoms with Crippen molar-refractivity contribution in [2.75, 3.05) is 11.3 Å². The predicted octanol–water partition coefficient (Wildman–Crippen LogP) is 2.75. The minimum absolute atomic E-state index is 0.00300. The van der Waals surface area contributed by atoms with Crippen molar-refractivity contribution in [1.29, 1.82) is 0 Å². The molecule has 23 heavy (non-hydrogen) atoms. The number of sulfonamides is 1. The Morgan fingerprint density at radius 1 is 1.39 bits per heavy atom. The van der Waals surface area contributed by atoms with E-state index in [4.69, 9.17) is 4.74 Å². The van der Waals surface area contributed by atoms with Gasteiger partial charge in [-0.1, -0.05) is 6.08 Å². The van der Waals surface area contributed by atoms with Crippen LogP contribution in [0.3, 0.4) is 0 Å². The minimum Gasteiger partial charge on any atom is -0.463 e. The zero-order chi connectivity index (χ0) is 17.0. The largest absolute Gasteiger partial charge is 0.463 e. The van der Waals surface area contributed by atoms with E-state index in [0.29, 0.717) is 24.5 Å². The maximum absolute atomic E-state index is 13.6. The summed E-state index contributed by atoms with van der Waals surface area (Å²) in [7, 11) is -3.91. The Balaban J connectivity index is 2.14. The molecule has 126 valence electrons. The lowest BCUT2D eigenvalue weighted by molar-refractivity contribution is -0.138. The van der Waals surface area contributed by atoms with Crippen LogP contribution < -0.4 is 4.72 Å². The molecule has 0 aromatic heterocycles. The highest BCUT2D eigenvalue weighted by molar-refractivity contribution is 7.93. The van der Waals surface area contributed by atoms with Gasteiger partial charge >= 0.3 is 5.97 Å². The summed E-state index contributed by atoms with van der Waals surface area (Å²) in [5.41, 5.74) is -0.0216. The lowest BCUT2D eigenvalue weighted by Gasteiger charge is -2.22. The fraction of sp³-hybridized carbons (Fsp3) is 0.400. The Hall–Kier alpha value is -1.96. The van der Waals surface area contributed by atoms with E-state index in [1.807, 2.05) is 0 Å². The van der Waals surface area contributed by atoms with Crippen LogP contribution in [0.25, 0.3) is 0 Å². The van der Waals surface area contributed by atoms with Gasteiger partial charge in [-0.05, 0) is 38.3 Å². The second-order valence-corrected chi connectivity index (χ2v) is 7.09. The molecule has 8 heteroatoms. The fourth-order valence-corrected chi connectivity index (χ4v) is 3.82. The van der Waals surface area contributed by atoms with Crippen LogP contribution in [0.4, 0.5) is 14.5 Å². The summed E-state index contributed by atoms with van der Waals surface area (Å²) in [6.07, 6.45) is 2.37. The van der Waals surface area contributed by atoms with Crippen molar-refractivity contribution in [3.63, 3.8) is 0 Å². The first-order valence-electron chi connectivity index (χ1n) is 7.16. The van der Waals surface area contributed by atoms with E-state index in [1.165, 1.54) is 0 Å². The van der Waals surface area contributed by atoms with Crippen LogP contribution in [0.1, 0.15) is 26.2 Å². The standard InChI is InChI=1S/C15H17F2NO4S/c1-2-22-15(19)10-4-3-5-12(8-10)23(20,21)18-14-7-6-11(16)9-13(14)17/h4,6-7,9,12,18H,2-3,5,8H2,1H3. The third kappa shape index (κ3) is 4.28.